The van der Waals surface area contributed by atoms with Gasteiger partial charge in [-0.05, 0) is 20.8 Å². The number of aromatic amines is 1. The lowest BCUT2D eigenvalue weighted by Gasteiger charge is -2.39. The van der Waals surface area contributed by atoms with Crippen molar-refractivity contribution in [3.05, 3.63) is 17.0 Å². The largest absolute Gasteiger partial charge is 0.388 e. The maximum Gasteiger partial charge on any atom is 0.227 e. The van der Waals surface area contributed by atoms with Gasteiger partial charge in [0.25, 0.3) is 0 Å². The summed E-state index contributed by atoms with van der Waals surface area (Å²) in [5.41, 5.74) is 2.56. The molecule has 0 aromatic carbocycles. The zero-order valence-corrected chi connectivity index (χ0v) is 12.7. The highest BCUT2D eigenvalue weighted by Gasteiger charge is 2.37. The molecule has 0 unspecified atom stereocenters. The lowest BCUT2D eigenvalue weighted by molar-refractivity contribution is -0.155. The Morgan fingerprint density at radius 3 is 2.71 bits per heavy atom. The molecule has 1 aromatic heterocycles. The van der Waals surface area contributed by atoms with Crippen molar-refractivity contribution >= 4 is 5.91 Å². The van der Waals surface area contributed by atoms with Gasteiger partial charge in [-0.25, -0.2) is 0 Å². The van der Waals surface area contributed by atoms with Crippen LogP contribution in [-0.4, -0.2) is 69.2 Å². The van der Waals surface area contributed by atoms with Crippen molar-refractivity contribution in [2.24, 2.45) is 0 Å². The molecule has 0 aliphatic carbocycles. The molecule has 1 aliphatic rings. The number of nitrogens with zero attached hydrogens (tertiary/aromatic N) is 2. The van der Waals surface area contributed by atoms with Gasteiger partial charge in [-0.2, -0.15) is 5.10 Å². The number of hydrogen-bond donors (Lipinski definition) is 3. The maximum absolute atomic E-state index is 12.5. The average Bonchev–Trinajstić information content (AvgIpc) is 2.76. The van der Waals surface area contributed by atoms with Crippen molar-refractivity contribution in [2.75, 3.05) is 19.8 Å². The van der Waals surface area contributed by atoms with Crippen molar-refractivity contribution in [3.8, 4) is 0 Å². The highest BCUT2D eigenvalue weighted by molar-refractivity contribution is 5.79. The second kappa shape index (κ2) is 6.55. The third-order valence-electron chi connectivity index (χ3n) is 4.04. The summed E-state index contributed by atoms with van der Waals surface area (Å²) in [5, 5.41) is 26.7. The smallest absolute Gasteiger partial charge is 0.227 e. The first-order valence-electron chi connectivity index (χ1n) is 7.19. The van der Waals surface area contributed by atoms with Gasteiger partial charge in [0, 0.05) is 17.8 Å². The Hall–Kier alpha value is -1.44. The standard InChI is InChI=1S/C14H23N3O4/c1-4-17(11-6-21-7-12(18)14(11)20)13(19)5-10-8(2)15-16-9(10)3/h11-12,14,18,20H,4-7H2,1-3H3,(H,15,16)/t11-,12-,14+/m1/s1. The predicted octanol–water partition coefficient (Wildman–Crippen LogP) is -0.462. The SMILES string of the molecule is CCN(C(=O)Cc1c(C)n[nH]c1C)[C@@H]1COC[C@@H](O)[C@H]1O. The van der Waals surface area contributed by atoms with E-state index in [-0.39, 0.29) is 25.5 Å². The molecule has 21 heavy (non-hydrogen) atoms. The van der Waals surface area contributed by atoms with E-state index >= 15 is 0 Å². The van der Waals surface area contributed by atoms with Crippen LogP contribution in [0.25, 0.3) is 0 Å². The molecule has 1 aromatic rings. The van der Waals surface area contributed by atoms with Gasteiger partial charge in [0.15, 0.2) is 0 Å². The van der Waals surface area contributed by atoms with Crippen LogP contribution in [0, 0.1) is 13.8 Å². The summed E-state index contributed by atoms with van der Waals surface area (Å²) in [7, 11) is 0. The molecule has 0 bridgehead atoms. The van der Waals surface area contributed by atoms with E-state index < -0.39 is 18.2 Å². The van der Waals surface area contributed by atoms with Crippen molar-refractivity contribution in [2.45, 2.75) is 45.4 Å². The van der Waals surface area contributed by atoms with Crippen LogP contribution in [0.3, 0.4) is 0 Å². The number of carbonyl (C=O) groups is 1. The fraction of sp³-hybridized carbons (Fsp3) is 0.714. The van der Waals surface area contributed by atoms with Crippen LogP contribution in [0.2, 0.25) is 0 Å². The molecule has 0 spiro atoms. The van der Waals surface area contributed by atoms with E-state index in [4.69, 9.17) is 4.74 Å². The summed E-state index contributed by atoms with van der Waals surface area (Å²) in [6.45, 7) is 6.36. The van der Waals surface area contributed by atoms with Crippen LogP contribution < -0.4 is 0 Å². The number of aromatic nitrogens is 2. The molecule has 1 fully saturated rings. The first kappa shape index (κ1) is 15.9. The summed E-state index contributed by atoms with van der Waals surface area (Å²) in [6.07, 6.45) is -1.71. The summed E-state index contributed by atoms with van der Waals surface area (Å²) < 4.78 is 5.26. The number of aliphatic hydroxyl groups is 2. The number of aliphatic hydroxyl groups excluding tert-OH is 2. The van der Waals surface area contributed by atoms with Crippen LogP contribution in [-0.2, 0) is 16.0 Å². The number of H-pyrrole nitrogens is 1. The first-order chi connectivity index (χ1) is 9.95. The Balaban J connectivity index is 2.11. The molecule has 2 heterocycles. The van der Waals surface area contributed by atoms with Crippen LogP contribution in [0.15, 0.2) is 0 Å². The monoisotopic (exact) mass is 297 g/mol. The number of likely N-dealkylation sites (N-methyl/N-ethyl adjacent to an activating group) is 1. The molecule has 0 saturated carbocycles. The van der Waals surface area contributed by atoms with E-state index in [2.05, 4.69) is 10.2 Å². The average molecular weight is 297 g/mol. The normalized spacial score (nSPS) is 25.9. The van der Waals surface area contributed by atoms with E-state index in [0.717, 1.165) is 17.0 Å². The Morgan fingerprint density at radius 1 is 1.43 bits per heavy atom. The molecule has 7 heteroatoms. The van der Waals surface area contributed by atoms with E-state index in [1.54, 1.807) is 4.90 Å². The predicted molar refractivity (Wildman–Crippen MR) is 75.8 cm³/mol. The molecule has 3 atom stereocenters. The topological polar surface area (TPSA) is 98.7 Å². The van der Waals surface area contributed by atoms with E-state index in [1.165, 1.54) is 0 Å². The minimum absolute atomic E-state index is 0.101. The van der Waals surface area contributed by atoms with Gasteiger partial charge in [-0.3, -0.25) is 9.89 Å². The van der Waals surface area contributed by atoms with Gasteiger partial charge in [-0.1, -0.05) is 0 Å². The highest BCUT2D eigenvalue weighted by Crippen LogP contribution is 2.18. The number of amides is 1. The number of carbonyl (C=O) groups excluding carboxylic acids is 1. The van der Waals surface area contributed by atoms with Crippen LogP contribution >= 0.6 is 0 Å². The zero-order chi connectivity index (χ0) is 15.6. The maximum atomic E-state index is 12.5. The van der Waals surface area contributed by atoms with Gasteiger partial charge in [0.1, 0.15) is 12.2 Å². The van der Waals surface area contributed by atoms with E-state index in [9.17, 15) is 15.0 Å². The molecular formula is C14H23N3O4. The van der Waals surface area contributed by atoms with Crippen LogP contribution in [0.1, 0.15) is 23.9 Å². The molecule has 1 saturated heterocycles. The summed E-state index contributed by atoms with van der Waals surface area (Å²) in [5.74, 6) is -0.105. The third-order valence-corrected chi connectivity index (χ3v) is 4.04. The molecule has 0 radical (unpaired) electrons. The van der Waals surface area contributed by atoms with Gasteiger partial charge >= 0.3 is 0 Å². The lowest BCUT2D eigenvalue weighted by atomic mass is 10.0. The minimum Gasteiger partial charge on any atom is -0.388 e. The number of aryl methyl sites for hydroxylation is 2. The quantitative estimate of drug-likeness (QED) is 0.698. The summed E-state index contributed by atoms with van der Waals surface area (Å²) >= 11 is 0. The van der Waals surface area contributed by atoms with Gasteiger partial charge in [-0.15, -0.1) is 0 Å². The van der Waals surface area contributed by atoms with Gasteiger partial charge < -0.3 is 19.8 Å². The van der Waals surface area contributed by atoms with Crippen LogP contribution in [0.4, 0.5) is 0 Å². The first-order valence-corrected chi connectivity index (χ1v) is 7.19. The fourth-order valence-corrected chi connectivity index (χ4v) is 2.72. The molecule has 7 nitrogen and oxygen atoms in total. The molecule has 2 rings (SSSR count). The minimum atomic E-state index is -0.978. The number of rotatable bonds is 4. The Kier molecular flexibility index (Phi) is 4.97. The second-order valence-electron chi connectivity index (χ2n) is 5.43. The van der Waals surface area contributed by atoms with Gasteiger partial charge in [0.05, 0.1) is 31.4 Å². The highest BCUT2D eigenvalue weighted by atomic mass is 16.5. The molecular weight excluding hydrogens is 274 g/mol. The van der Waals surface area contributed by atoms with Crippen LogP contribution in [0.5, 0.6) is 0 Å². The van der Waals surface area contributed by atoms with Crippen molar-refractivity contribution in [3.63, 3.8) is 0 Å². The van der Waals surface area contributed by atoms with E-state index in [0.29, 0.717) is 6.54 Å². The zero-order valence-electron chi connectivity index (χ0n) is 12.7. The number of hydrogen-bond acceptors (Lipinski definition) is 5. The van der Waals surface area contributed by atoms with Crippen molar-refractivity contribution in [1.82, 2.24) is 15.1 Å². The number of ether oxygens (including phenoxy) is 1. The fourth-order valence-electron chi connectivity index (χ4n) is 2.72. The summed E-state index contributed by atoms with van der Waals surface area (Å²) in [4.78, 5) is 14.1. The molecule has 1 amide bonds. The number of nitrogens with one attached hydrogen (secondary N) is 1. The second-order valence-corrected chi connectivity index (χ2v) is 5.43. The third kappa shape index (κ3) is 3.25. The Morgan fingerprint density at radius 2 is 2.14 bits per heavy atom. The van der Waals surface area contributed by atoms with Gasteiger partial charge in [0.2, 0.25) is 5.91 Å². The lowest BCUT2D eigenvalue weighted by Crippen LogP contribution is -2.57. The van der Waals surface area contributed by atoms with Crippen molar-refractivity contribution < 1.29 is 19.7 Å². The Bertz CT molecular complexity index is 483. The molecule has 118 valence electrons. The van der Waals surface area contributed by atoms with E-state index in [1.807, 2.05) is 20.8 Å². The summed E-state index contributed by atoms with van der Waals surface area (Å²) in [6, 6.07) is -0.515. The molecule has 3 N–H and O–H groups in total. The molecule has 1 aliphatic heterocycles. The van der Waals surface area contributed by atoms with Crippen molar-refractivity contribution in [1.29, 1.82) is 0 Å². The Labute approximate surface area is 123 Å².